The van der Waals surface area contributed by atoms with Crippen molar-refractivity contribution in [2.75, 3.05) is 7.11 Å². The molecule has 0 aromatic heterocycles. The molecule has 0 unspecified atom stereocenters. The third-order valence-electron chi connectivity index (χ3n) is 9.12. The van der Waals surface area contributed by atoms with Gasteiger partial charge in [0.15, 0.2) is 0 Å². The second kappa shape index (κ2) is 6.14. The Morgan fingerprint density at radius 3 is 2.48 bits per heavy atom. The Labute approximate surface area is 152 Å². The number of ether oxygens (including phenoxy) is 1. The van der Waals surface area contributed by atoms with Crippen LogP contribution in [0.3, 0.4) is 0 Å². The van der Waals surface area contributed by atoms with Crippen LogP contribution in [0.4, 0.5) is 4.79 Å². The molecule has 1 amide bonds. The van der Waals surface area contributed by atoms with Crippen molar-refractivity contribution in [2.24, 2.45) is 34.5 Å². The van der Waals surface area contributed by atoms with Gasteiger partial charge < -0.3 is 15.2 Å². The van der Waals surface area contributed by atoms with Crippen molar-refractivity contribution in [3.8, 4) is 0 Å². The number of hydrogen-bond acceptors (Lipinski definition) is 3. The summed E-state index contributed by atoms with van der Waals surface area (Å²) < 4.78 is 4.87. The number of nitrogens with one attached hydrogen (secondary N) is 1. The van der Waals surface area contributed by atoms with E-state index in [0.717, 1.165) is 37.0 Å². The van der Waals surface area contributed by atoms with E-state index in [-0.39, 0.29) is 23.7 Å². The van der Waals surface area contributed by atoms with Crippen LogP contribution in [0.2, 0.25) is 0 Å². The molecule has 4 nitrogen and oxygen atoms in total. The predicted molar refractivity (Wildman–Crippen MR) is 97.1 cm³/mol. The summed E-state index contributed by atoms with van der Waals surface area (Å²) in [5.41, 5.74) is 0.657. The SMILES string of the molecule is COC(=O)N[C@@H]1CC[C@H]2[C@@H]3CC[C@H]4C[C@H](O)CC[C@]4(C)[C@H]3CC[C@]12C. The molecule has 0 spiro atoms. The third kappa shape index (κ3) is 2.62. The quantitative estimate of drug-likeness (QED) is 0.749. The van der Waals surface area contributed by atoms with E-state index in [1.54, 1.807) is 0 Å². The zero-order valence-corrected chi connectivity index (χ0v) is 16.1. The molecule has 142 valence electrons. The van der Waals surface area contributed by atoms with E-state index in [4.69, 9.17) is 4.74 Å². The average Bonchev–Trinajstić information content (AvgIpc) is 2.92. The highest BCUT2D eigenvalue weighted by Gasteiger charge is 2.60. The Hall–Kier alpha value is -0.770. The number of amides is 1. The van der Waals surface area contributed by atoms with E-state index >= 15 is 0 Å². The first-order chi connectivity index (χ1) is 11.9. The lowest BCUT2D eigenvalue weighted by atomic mass is 9.45. The van der Waals surface area contributed by atoms with Gasteiger partial charge in [-0.1, -0.05) is 13.8 Å². The first-order valence-corrected chi connectivity index (χ1v) is 10.4. The molecule has 25 heavy (non-hydrogen) atoms. The maximum absolute atomic E-state index is 11.8. The number of carbonyl (C=O) groups excluding carboxylic acids is 1. The van der Waals surface area contributed by atoms with Gasteiger partial charge in [0, 0.05) is 6.04 Å². The van der Waals surface area contributed by atoms with Crippen molar-refractivity contribution in [3.05, 3.63) is 0 Å². The summed E-state index contributed by atoms with van der Waals surface area (Å²) in [5.74, 6) is 3.07. The lowest BCUT2D eigenvalue weighted by molar-refractivity contribution is -0.123. The molecule has 4 aliphatic carbocycles. The number of rotatable bonds is 1. The van der Waals surface area contributed by atoms with Crippen molar-refractivity contribution < 1.29 is 14.6 Å². The Morgan fingerprint density at radius 2 is 1.72 bits per heavy atom. The summed E-state index contributed by atoms with van der Waals surface area (Å²) in [6.45, 7) is 4.95. The Bertz CT molecular complexity index is 537. The average molecular weight is 350 g/mol. The van der Waals surface area contributed by atoms with Crippen LogP contribution >= 0.6 is 0 Å². The maximum Gasteiger partial charge on any atom is 0.407 e. The minimum atomic E-state index is -0.272. The van der Waals surface area contributed by atoms with Crippen LogP contribution in [-0.2, 0) is 4.74 Å². The molecule has 8 atom stereocenters. The summed E-state index contributed by atoms with van der Waals surface area (Å²) in [4.78, 5) is 11.8. The number of fused-ring (bicyclic) bond motifs is 5. The third-order valence-corrected chi connectivity index (χ3v) is 9.12. The predicted octanol–water partition coefficient (Wildman–Crippen LogP) is 4.11. The zero-order chi connectivity index (χ0) is 17.8. The van der Waals surface area contributed by atoms with Gasteiger partial charge in [0.25, 0.3) is 0 Å². The molecule has 0 aliphatic heterocycles. The molecule has 0 saturated heterocycles. The summed E-state index contributed by atoms with van der Waals surface area (Å²) in [7, 11) is 1.46. The summed E-state index contributed by atoms with van der Waals surface area (Å²) in [5, 5.41) is 13.3. The molecule has 4 aliphatic rings. The number of aliphatic hydroxyl groups is 1. The first kappa shape index (κ1) is 17.6. The molecule has 4 saturated carbocycles. The van der Waals surface area contributed by atoms with Crippen molar-refractivity contribution in [1.29, 1.82) is 0 Å². The van der Waals surface area contributed by atoms with Crippen LogP contribution in [0.1, 0.15) is 71.6 Å². The van der Waals surface area contributed by atoms with Crippen molar-refractivity contribution in [3.63, 3.8) is 0 Å². The summed E-state index contributed by atoms with van der Waals surface area (Å²) in [6.07, 6.45) is 10.3. The van der Waals surface area contributed by atoms with E-state index < -0.39 is 0 Å². The fourth-order valence-electron chi connectivity index (χ4n) is 7.67. The van der Waals surface area contributed by atoms with E-state index in [1.165, 1.54) is 45.6 Å². The van der Waals surface area contributed by atoms with Gasteiger partial charge in [0.05, 0.1) is 13.2 Å². The smallest absolute Gasteiger partial charge is 0.407 e. The van der Waals surface area contributed by atoms with E-state index in [9.17, 15) is 9.90 Å². The number of carbonyl (C=O) groups is 1. The van der Waals surface area contributed by atoms with Gasteiger partial charge in [0.1, 0.15) is 0 Å². The molecule has 0 radical (unpaired) electrons. The molecule has 2 N–H and O–H groups in total. The molecule has 0 bridgehead atoms. The standard InChI is InChI=1S/C21H35NO3/c1-20-10-8-14(23)12-13(20)4-5-15-16-6-7-18(22-19(24)25-3)21(16,2)11-9-17(15)20/h13-18,23H,4-12H2,1-3H3,(H,22,24)/t13-,14+,15-,16-,17-,18+,20-,21-/m0/s1. The van der Waals surface area contributed by atoms with E-state index in [2.05, 4.69) is 19.2 Å². The van der Waals surface area contributed by atoms with E-state index in [1.807, 2.05) is 0 Å². The van der Waals surface area contributed by atoms with Crippen LogP contribution in [0.5, 0.6) is 0 Å². The lowest BCUT2D eigenvalue weighted by Crippen LogP contribution is -2.56. The molecular formula is C21H35NO3. The first-order valence-electron chi connectivity index (χ1n) is 10.4. The maximum atomic E-state index is 11.8. The lowest BCUT2D eigenvalue weighted by Gasteiger charge is -2.60. The van der Waals surface area contributed by atoms with Gasteiger partial charge in [-0.3, -0.25) is 0 Å². The Morgan fingerprint density at radius 1 is 1.00 bits per heavy atom. The van der Waals surface area contributed by atoms with Crippen LogP contribution < -0.4 is 5.32 Å². The fraction of sp³-hybridized carbons (Fsp3) is 0.952. The van der Waals surface area contributed by atoms with Crippen molar-refractivity contribution >= 4 is 6.09 Å². The number of methoxy groups -OCH3 is 1. The second-order valence-electron chi connectivity index (χ2n) is 9.90. The molecule has 4 heteroatoms. The molecule has 0 heterocycles. The van der Waals surface area contributed by atoms with Crippen LogP contribution in [0.25, 0.3) is 0 Å². The van der Waals surface area contributed by atoms with Gasteiger partial charge in [-0.25, -0.2) is 4.79 Å². The Kier molecular flexibility index (Phi) is 4.33. The van der Waals surface area contributed by atoms with E-state index in [0.29, 0.717) is 11.3 Å². The van der Waals surface area contributed by atoms with Crippen molar-refractivity contribution in [1.82, 2.24) is 5.32 Å². The molecular weight excluding hydrogens is 314 g/mol. The fourth-order valence-corrected chi connectivity index (χ4v) is 7.67. The van der Waals surface area contributed by atoms with Gasteiger partial charge in [0.2, 0.25) is 0 Å². The van der Waals surface area contributed by atoms with Gasteiger partial charge in [-0.15, -0.1) is 0 Å². The normalized spacial score (nSPS) is 51.8. The molecule has 4 rings (SSSR count). The highest BCUT2D eigenvalue weighted by Crippen LogP contribution is 2.66. The topological polar surface area (TPSA) is 58.6 Å². The Balaban J connectivity index is 1.55. The minimum Gasteiger partial charge on any atom is -0.453 e. The van der Waals surface area contributed by atoms with Gasteiger partial charge in [-0.2, -0.15) is 0 Å². The van der Waals surface area contributed by atoms with Crippen LogP contribution in [0.15, 0.2) is 0 Å². The number of aliphatic hydroxyl groups excluding tert-OH is 1. The van der Waals surface area contributed by atoms with Crippen molar-refractivity contribution in [2.45, 2.75) is 83.8 Å². The van der Waals surface area contributed by atoms with Crippen LogP contribution in [-0.4, -0.2) is 30.5 Å². The zero-order valence-electron chi connectivity index (χ0n) is 16.1. The highest BCUT2D eigenvalue weighted by molar-refractivity contribution is 5.67. The minimum absolute atomic E-state index is 0.0661. The highest BCUT2D eigenvalue weighted by atomic mass is 16.5. The molecule has 0 aromatic carbocycles. The van der Waals surface area contributed by atoms with Gasteiger partial charge in [-0.05, 0) is 92.3 Å². The summed E-state index contributed by atoms with van der Waals surface area (Å²) >= 11 is 0. The molecule has 0 aromatic rings. The largest absolute Gasteiger partial charge is 0.453 e. The van der Waals surface area contributed by atoms with Crippen LogP contribution in [0, 0.1) is 34.5 Å². The molecule has 4 fully saturated rings. The number of hydrogen-bond donors (Lipinski definition) is 2. The van der Waals surface area contributed by atoms with Gasteiger partial charge >= 0.3 is 6.09 Å². The second-order valence-corrected chi connectivity index (χ2v) is 9.90. The monoisotopic (exact) mass is 349 g/mol. The number of alkyl carbamates (subject to hydrolysis) is 1. The summed E-state index contributed by atoms with van der Waals surface area (Å²) in [6, 6.07) is 0.268.